The minimum atomic E-state index is -0.00708. The van der Waals surface area contributed by atoms with Gasteiger partial charge in [0.15, 0.2) is 0 Å². The van der Waals surface area contributed by atoms with E-state index >= 15 is 0 Å². The number of nitrogens with two attached hydrogens (primary N) is 1. The maximum atomic E-state index is 11.4. The van der Waals surface area contributed by atoms with Crippen LogP contribution in [0.5, 0.6) is 0 Å². The van der Waals surface area contributed by atoms with E-state index in [9.17, 15) is 4.79 Å². The van der Waals surface area contributed by atoms with Crippen LogP contribution in [0, 0.1) is 0 Å². The molecule has 0 saturated heterocycles. The molecule has 0 heterocycles. The van der Waals surface area contributed by atoms with Gasteiger partial charge in [-0.2, -0.15) is 0 Å². The highest BCUT2D eigenvalue weighted by molar-refractivity contribution is 5.88. The number of nitrogens with one attached hydrogen (secondary N) is 1. The highest BCUT2D eigenvalue weighted by atomic mass is 16.1. The van der Waals surface area contributed by atoms with Gasteiger partial charge in [0.25, 0.3) is 0 Å². The molecule has 0 aromatic rings. The van der Waals surface area contributed by atoms with Gasteiger partial charge in [-0.05, 0) is 26.7 Å². The van der Waals surface area contributed by atoms with Gasteiger partial charge in [0.05, 0.1) is 0 Å². The standard InChI is InChI=1S/C11H20N2O/c1-8(2)7-11(14)13-10-6-4-3-5-9(10)12/h7,9-10H,3-6,12H2,1-2H3,(H,13,14). The molecule has 1 saturated carbocycles. The summed E-state index contributed by atoms with van der Waals surface area (Å²) in [5.41, 5.74) is 6.94. The highest BCUT2D eigenvalue weighted by Gasteiger charge is 2.22. The second-order valence-electron chi connectivity index (χ2n) is 4.29. The van der Waals surface area contributed by atoms with Gasteiger partial charge in [0.1, 0.15) is 0 Å². The molecule has 1 aliphatic carbocycles. The van der Waals surface area contributed by atoms with Gasteiger partial charge in [0, 0.05) is 18.2 Å². The monoisotopic (exact) mass is 196 g/mol. The zero-order chi connectivity index (χ0) is 10.6. The van der Waals surface area contributed by atoms with Crippen molar-refractivity contribution >= 4 is 5.91 Å². The van der Waals surface area contributed by atoms with Crippen LogP contribution in [-0.2, 0) is 4.79 Å². The molecule has 2 atom stereocenters. The zero-order valence-corrected chi connectivity index (χ0v) is 9.05. The van der Waals surface area contributed by atoms with Crippen molar-refractivity contribution in [2.75, 3.05) is 0 Å². The van der Waals surface area contributed by atoms with Gasteiger partial charge in [-0.3, -0.25) is 4.79 Å². The minimum Gasteiger partial charge on any atom is -0.348 e. The highest BCUT2D eigenvalue weighted by Crippen LogP contribution is 2.16. The van der Waals surface area contributed by atoms with E-state index < -0.39 is 0 Å². The zero-order valence-electron chi connectivity index (χ0n) is 9.05. The van der Waals surface area contributed by atoms with Crippen molar-refractivity contribution < 1.29 is 4.79 Å². The second-order valence-corrected chi connectivity index (χ2v) is 4.29. The van der Waals surface area contributed by atoms with Crippen molar-refractivity contribution in [3.63, 3.8) is 0 Å². The average molecular weight is 196 g/mol. The summed E-state index contributed by atoms with van der Waals surface area (Å²) in [5, 5.41) is 2.96. The van der Waals surface area contributed by atoms with Gasteiger partial charge >= 0.3 is 0 Å². The molecule has 14 heavy (non-hydrogen) atoms. The molecule has 0 aromatic carbocycles. The number of rotatable bonds is 2. The summed E-state index contributed by atoms with van der Waals surface area (Å²) in [7, 11) is 0. The minimum absolute atomic E-state index is 0.00708. The first kappa shape index (κ1) is 11.2. The van der Waals surface area contributed by atoms with E-state index in [1.54, 1.807) is 6.08 Å². The molecule has 1 rings (SSSR count). The second kappa shape index (κ2) is 5.15. The lowest BCUT2D eigenvalue weighted by Crippen LogP contribution is -2.48. The molecule has 1 amide bonds. The van der Waals surface area contributed by atoms with E-state index in [1.165, 1.54) is 12.8 Å². The van der Waals surface area contributed by atoms with E-state index in [0.29, 0.717) is 0 Å². The third-order valence-electron chi connectivity index (χ3n) is 2.57. The first-order valence-electron chi connectivity index (χ1n) is 5.30. The third kappa shape index (κ3) is 3.50. The van der Waals surface area contributed by atoms with Gasteiger partial charge in [-0.1, -0.05) is 18.4 Å². The Kier molecular flexibility index (Phi) is 4.14. The van der Waals surface area contributed by atoms with E-state index in [4.69, 9.17) is 5.73 Å². The van der Waals surface area contributed by atoms with Crippen LogP contribution in [-0.4, -0.2) is 18.0 Å². The average Bonchev–Trinajstić information content (AvgIpc) is 2.07. The Morgan fingerprint density at radius 1 is 1.36 bits per heavy atom. The lowest BCUT2D eigenvalue weighted by Gasteiger charge is -2.28. The molecule has 3 N–H and O–H groups in total. The Labute approximate surface area is 85.7 Å². The Hall–Kier alpha value is -0.830. The van der Waals surface area contributed by atoms with Gasteiger partial charge in [-0.15, -0.1) is 0 Å². The molecule has 1 fully saturated rings. The van der Waals surface area contributed by atoms with Crippen LogP contribution in [0.3, 0.4) is 0 Å². The molecule has 1 aliphatic rings. The van der Waals surface area contributed by atoms with Gasteiger partial charge in [0.2, 0.25) is 5.91 Å². The molecule has 0 aliphatic heterocycles. The fraction of sp³-hybridized carbons (Fsp3) is 0.727. The summed E-state index contributed by atoms with van der Waals surface area (Å²) in [6, 6.07) is 0.310. The molecule has 80 valence electrons. The smallest absolute Gasteiger partial charge is 0.244 e. The predicted octanol–water partition coefficient (Wildman–Crippen LogP) is 1.34. The van der Waals surface area contributed by atoms with E-state index in [0.717, 1.165) is 18.4 Å². The SMILES string of the molecule is CC(C)=CC(=O)NC1CCCCC1N. The lowest BCUT2D eigenvalue weighted by atomic mass is 9.91. The van der Waals surface area contributed by atoms with Crippen molar-refractivity contribution in [1.82, 2.24) is 5.32 Å². The summed E-state index contributed by atoms with van der Waals surface area (Å²) in [5.74, 6) is -0.00708. The number of hydrogen-bond donors (Lipinski definition) is 2. The lowest BCUT2D eigenvalue weighted by molar-refractivity contribution is -0.117. The molecule has 0 radical (unpaired) electrons. The van der Waals surface area contributed by atoms with Crippen LogP contribution in [0.4, 0.5) is 0 Å². The van der Waals surface area contributed by atoms with Crippen molar-refractivity contribution in [2.24, 2.45) is 5.73 Å². The van der Waals surface area contributed by atoms with E-state index in [-0.39, 0.29) is 18.0 Å². The van der Waals surface area contributed by atoms with Crippen molar-refractivity contribution in [3.8, 4) is 0 Å². The number of carbonyl (C=O) groups excluding carboxylic acids is 1. The maximum Gasteiger partial charge on any atom is 0.244 e. The van der Waals surface area contributed by atoms with E-state index in [1.807, 2.05) is 13.8 Å². The Morgan fingerprint density at radius 3 is 2.57 bits per heavy atom. The topological polar surface area (TPSA) is 55.1 Å². The number of amides is 1. The third-order valence-corrected chi connectivity index (χ3v) is 2.57. The van der Waals surface area contributed by atoms with Crippen molar-refractivity contribution in [3.05, 3.63) is 11.6 Å². The Balaban J connectivity index is 2.42. The molecule has 0 spiro atoms. The van der Waals surface area contributed by atoms with E-state index in [2.05, 4.69) is 5.32 Å². The summed E-state index contributed by atoms with van der Waals surface area (Å²) >= 11 is 0. The quantitative estimate of drug-likeness (QED) is 0.655. The molecule has 0 aromatic heterocycles. The first-order valence-corrected chi connectivity index (χ1v) is 5.30. The number of allylic oxidation sites excluding steroid dienone is 1. The molecular formula is C11H20N2O. The summed E-state index contributed by atoms with van der Waals surface area (Å²) in [6.07, 6.45) is 6.04. The van der Waals surface area contributed by atoms with Crippen LogP contribution in [0.2, 0.25) is 0 Å². The normalized spacial score (nSPS) is 26.8. The maximum absolute atomic E-state index is 11.4. The summed E-state index contributed by atoms with van der Waals surface area (Å²) in [6.45, 7) is 3.83. The van der Waals surface area contributed by atoms with Gasteiger partial charge < -0.3 is 11.1 Å². The fourth-order valence-electron chi connectivity index (χ4n) is 1.83. The number of carbonyl (C=O) groups is 1. The largest absolute Gasteiger partial charge is 0.348 e. The molecular weight excluding hydrogens is 176 g/mol. The van der Waals surface area contributed by atoms with Crippen LogP contribution >= 0.6 is 0 Å². The molecule has 2 unspecified atom stereocenters. The fourth-order valence-corrected chi connectivity index (χ4v) is 1.83. The Morgan fingerprint density at radius 2 is 2.00 bits per heavy atom. The van der Waals surface area contributed by atoms with Crippen LogP contribution in [0.1, 0.15) is 39.5 Å². The number of hydrogen-bond acceptors (Lipinski definition) is 2. The molecule has 3 heteroatoms. The summed E-state index contributed by atoms with van der Waals surface area (Å²) in [4.78, 5) is 11.4. The predicted molar refractivity (Wildman–Crippen MR) is 57.8 cm³/mol. The van der Waals surface area contributed by atoms with Gasteiger partial charge in [-0.25, -0.2) is 0 Å². The van der Waals surface area contributed by atoms with Crippen molar-refractivity contribution in [2.45, 2.75) is 51.6 Å². The first-order chi connectivity index (χ1) is 6.59. The van der Waals surface area contributed by atoms with Crippen LogP contribution in [0.25, 0.3) is 0 Å². The summed E-state index contributed by atoms with van der Waals surface area (Å²) < 4.78 is 0. The van der Waals surface area contributed by atoms with Crippen molar-refractivity contribution in [1.29, 1.82) is 0 Å². The van der Waals surface area contributed by atoms with Crippen LogP contribution < -0.4 is 11.1 Å². The molecule has 3 nitrogen and oxygen atoms in total. The Bertz CT molecular complexity index is 231. The molecule has 0 bridgehead atoms. The van der Waals surface area contributed by atoms with Crippen LogP contribution in [0.15, 0.2) is 11.6 Å².